The van der Waals surface area contributed by atoms with Crippen LogP contribution in [-0.4, -0.2) is 27.8 Å². The first-order valence-corrected chi connectivity index (χ1v) is 8.96. The molecule has 3 rings (SSSR count). The highest BCUT2D eigenvalue weighted by Gasteiger charge is 2.34. The Morgan fingerprint density at radius 2 is 1.92 bits per heavy atom. The fourth-order valence-electron chi connectivity index (χ4n) is 3.32. The van der Waals surface area contributed by atoms with Gasteiger partial charge in [-0.05, 0) is 37.8 Å². The molecular formula is C20H24N4O2. The molecule has 1 saturated carbocycles. The van der Waals surface area contributed by atoms with E-state index in [1.54, 1.807) is 6.20 Å². The molecule has 0 bridgehead atoms. The topological polar surface area (TPSA) is 84.0 Å². The first-order valence-electron chi connectivity index (χ1n) is 8.96. The van der Waals surface area contributed by atoms with E-state index in [1.165, 1.54) is 6.20 Å². The van der Waals surface area contributed by atoms with Crippen molar-refractivity contribution in [1.82, 2.24) is 20.6 Å². The lowest BCUT2D eigenvalue weighted by molar-refractivity contribution is -0.125. The van der Waals surface area contributed by atoms with E-state index in [0.29, 0.717) is 6.54 Å². The van der Waals surface area contributed by atoms with Crippen molar-refractivity contribution in [3.63, 3.8) is 0 Å². The number of carbonyl (C=O) groups excluding carboxylic acids is 2. The van der Waals surface area contributed by atoms with Crippen LogP contribution < -0.4 is 10.6 Å². The molecule has 1 aromatic heterocycles. The number of nitrogens with one attached hydrogen (secondary N) is 2. The van der Waals surface area contributed by atoms with Gasteiger partial charge in [0.05, 0.1) is 17.8 Å². The molecule has 2 aromatic rings. The Labute approximate surface area is 153 Å². The normalized spacial score (nSPS) is 19.2. The van der Waals surface area contributed by atoms with Gasteiger partial charge in [-0.15, -0.1) is 0 Å². The summed E-state index contributed by atoms with van der Waals surface area (Å²) in [5.41, 5.74) is 3.30. The van der Waals surface area contributed by atoms with E-state index in [2.05, 4.69) is 20.6 Å². The van der Waals surface area contributed by atoms with E-state index in [9.17, 15) is 9.59 Å². The molecule has 0 unspecified atom stereocenters. The van der Waals surface area contributed by atoms with E-state index >= 15 is 0 Å². The highest BCUT2D eigenvalue weighted by molar-refractivity contribution is 5.92. The number of nitrogens with zero attached hydrogens (tertiary/aromatic N) is 2. The van der Waals surface area contributed by atoms with Gasteiger partial charge in [0, 0.05) is 18.8 Å². The lowest BCUT2D eigenvalue weighted by atomic mass is 10.0. The molecule has 1 aromatic carbocycles. The Morgan fingerprint density at radius 3 is 2.65 bits per heavy atom. The minimum Gasteiger partial charge on any atom is -0.352 e. The Morgan fingerprint density at radius 1 is 1.12 bits per heavy atom. The molecule has 0 aliphatic heterocycles. The molecular weight excluding hydrogens is 328 g/mol. The number of hydrogen-bond acceptors (Lipinski definition) is 4. The Balaban J connectivity index is 1.58. The zero-order chi connectivity index (χ0) is 18.5. The highest BCUT2D eigenvalue weighted by atomic mass is 16.2. The van der Waals surface area contributed by atoms with E-state index in [0.717, 1.165) is 36.1 Å². The number of benzene rings is 1. The predicted octanol–water partition coefficient (Wildman–Crippen LogP) is 2.31. The molecule has 26 heavy (non-hydrogen) atoms. The number of aryl methyl sites for hydroxylation is 2. The molecule has 2 N–H and O–H groups in total. The van der Waals surface area contributed by atoms with Gasteiger partial charge in [-0.2, -0.15) is 0 Å². The van der Waals surface area contributed by atoms with Crippen LogP contribution in [0.15, 0.2) is 36.7 Å². The average Bonchev–Trinajstić information content (AvgIpc) is 3.09. The second kappa shape index (κ2) is 8.08. The monoisotopic (exact) mass is 352 g/mol. The molecule has 0 radical (unpaired) electrons. The molecule has 1 aliphatic rings. The molecule has 2 amide bonds. The van der Waals surface area contributed by atoms with Crippen LogP contribution in [-0.2, 0) is 11.3 Å². The third-order valence-corrected chi connectivity index (χ3v) is 4.90. The summed E-state index contributed by atoms with van der Waals surface area (Å²) >= 11 is 0. The van der Waals surface area contributed by atoms with Gasteiger partial charge in [-0.3, -0.25) is 14.6 Å². The third-order valence-electron chi connectivity index (χ3n) is 4.90. The lowest BCUT2D eigenvalue weighted by Crippen LogP contribution is -2.44. The van der Waals surface area contributed by atoms with Gasteiger partial charge in [0.2, 0.25) is 5.91 Å². The summed E-state index contributed by atoms with van der Waals surface area (Å²) in [5, 5.41) is 5.97. The van der Waals surface area contributed by atoms with Crippen LogP contribution in [0.2, 0.25) is 0 Å². The first kappa shape index (κ1) is 18.0. The van der Waals surface area contributed by atoms with Crippen LogP contribution in [0, 0.1) is 19.8 Å². The van der Waals surface area contributed by atoms with Gasteiger partial charge >= 0.3 is 0 Å². The van der Waals surface area contributed by atoms with Crippen LogP contribution >= 0.6 is 0 Å². The van der Waals surface area contributed by atoms with Crippen molar-refractivity contribution < 1.29 is 9.59 Å². The molecule has 6 heteroatoms. The van der Waals surface area contributed by atoms with Crippen molar-refractivity contribution in [2.75, 3.05) is 0 Å². The average molecular weight is 352 g/mol. The van der Waals surface area contributed by atoms with Crippen molar-refractivity contribution in [3.8, 4) is 0 Å². The van der Waals surface area contributed by atoms with Gasteiger partial charge < -0.3 is 10.6 Å². The van der Waals surface area contributed by atoms with Gasteiger partial charge in [0.15, 0.2) is 0 Å². The molecule has 6 nitrogen and oxygen atoms in total. The van der Waals surface area contributed by atoms with Gasteiger partial charge in [0.1, 0.15) is 5.69 Å². The maximum Gasteiger partial charge on any atom is 0.271 e. The fraction of sp³-hybridized carbons (Fsp3) is 0.400. The van der Waals surface area contributed by atoms with Crippen LogP contribution in [0.5, 0.6) is 0 Å². The highest BCUT2D eigenvalue weighted by Crippen LogP contribution is 2.26. The smallest absolute Gasteiger partial charge is 0.271 e. The molecule has 136 valence electrons. The number of amides is 2. The van der Waals surface area contributed by atoms with E-state index in [-0.39, 0.29) is 29.5 Å². The lowest BCUT2D eigenvalue weighted by Gasteiger charge is -2.20. The summed E-state index contributed by atoms with van der Waals surface area (Å²) in [5.74, 6) is -0.492. The second-order valence-corrected chi connectivity index (χ2v) is 6.80. The molecule has 2 atom stereocenters. The number of hydrogen-bond donors (Lipinski definition) is 2. The Hall–Kier alpha value is -2.76. The van der Waals surface area contributed by atoms with Crippen molar-refractivity contribution in [2.45, 2.75) is 45.7 Å². The zero-order valence-corrected chi connectivity index (χ0v) is 15.2. The molecule has 0 spiro atoms. The van der Waals surface area contributed by atoms with Crippen LogP contribution in [0.1, 0.15) is 46.6 Å². The molecule has 1 heterocycles. The van der Waals surface area contributed by atoms with Crippen molar-refractivity contribution in [1.29, 1.82) is 0 Å². The summed E-state index contributed by atoms with van der Waals surface area (Å²) < 4.78 is 0. The largest absolute Gasteiger partial charge is 0.352 e. The second-order valence-electron chi connectivity index (χ2n) is 6.80. The summed E-state index contributed by atoms with van der Waals surface area (Å²) in [6.07, 6.45) is 5.54. The summed E-state index contributed by atoms with van der Waals surface area (Å²) in [6, 6.07) is 7.83. The van der Waals surface area contributed by atoms with E-state index in [1.807, 2.05) is 38.1 Å². The molecule has 1 aliphatic carbocycles. The van der Waals surface area contributed by atoms with Gasteiger partial charge in [0.25, 0.3) is 5.91 Å². The Kier molecular flexibility index (Phi) is 5.61. The minimum absolute atomic E-state index is 0.00829. The van der Waals surface area contributed by atoms with Gasteiger partial charge in [-0.1, -0.05) is 30.7 Å². The number of rotatable bonds is 5. The first-order chi connectivity index (χ1) is 12.5. The van der Waals surface area contributed by atoms with Gasteiger partial charge in [-0.25, -0.2) is 4.98 Å². The number of carbonyl (C=O) groups is 2. The maximum atomic E-state index is 12.6. The predicted molar refractivity (Wildman–Crippen MR) is 98.4 cm³/mol. The van der Waals surface area contributed by atoms with Crippen molar-refractivity contribution in [3.05, 3.63) is 59.2 Å². The van der Waals surface area contributed by atoms with E-state index < -0.39 is 0 Å². The molecule has 0 saturated heterocycles. The standard InChI is InChI=1S/C20H24N4O2/c1-13-6-3-4-7-15(13)11-23-19(25)16-8-5-9-17(16)24-20(26)18-12-21-14(2)10-22-18/h3-4,6-7,10,12,16-17H,5,8-9,11H2,1-2H3,(H,23,25)(H,24,26)/t16-,17+/m0/s1. The SMILES string of the molecule is Cc1cnc(C(=O)N[C@@H]2CCC[C@@H]2C(=O)NCc2ccccc2C)cn1. The minimum atomic E-state index is -0.277. The third kappa shape index (κ3) is 4.25. The van der Waals surface area contributed by atoms with E-state index in [4.69, 9.17) is 0 Å². The molecule has 1 fully saturated rings. The summed E-state index contributed by atoms with van der Waals surface area (Å²) in [7, 11) is 0. The van der Waals surface area contributed by atoms with Crippen LogP contribution in [0.3, 0.4) is 0 Å². The van der Waals surface area contributed by atoms with Crippen molar-refractivity contribution in [2.24, 2.45) is 5.92 Å². The summed E-state index contributed by atoms with van der Waals surface area (Å²) in [4.78, 5) is 33.2. The van der Waals surface area contributed by atoms with Crippen LogP contribution in [0.4, 0.5) is 0 Å². The summed E-state index contributed by atoms with van der Waals surface area (Å²) in [6.45, 7) is 4.36. The Bertz CT molecular complexity index is 789. The fourth-order valence-corrected chi connectivity index (χ4v) is 3.32. The quantitative estimate of drug-likeness (QED) is 0.865. The number of aromatic nitrogens is 2. The van der Waals surface area contributed by atoms with Crippen LogP contribution in [0.25, 0.3) is 0 Å². The zero-order valence-electron chi connectivity index (χ0n) is 15.2. The maximum absolute atomic E-state index is 12.6. The van der Waals surface area contributed by atoms with Crippen molar-refractivity contribution >= 4 is 11.8 Å².